The van der Waals surface area contributed by atoms with Gasteiger partial charge < -0.3 is 9.47 Å². The Kier molecular flexibility index (Phi) is 6.60. The van der Waals surface area contributed by atoms with E-state index in [0.717, 1.165) is 25.3 Å². The van der Waals surface area contributed by atoms with E-state index < -0.39 is 0 Å². The fourth-order valence-corrected chi connectivity index (χ4v) is 3.80. The smallest absolute Gasteiger partial charge is 0.257 e. The van der Waals surface area contributed by atoms with Crippen LogP contribution in [0.5, 0.6) is 5.75 Å². The Bertz CT molecular complexity index is 765. The summed E-state index contributed by atoms with van der Waals surface area (Å²) in [6, 6.07) is 7.01. The number of hydrogen-bond acceptors (Lipinski definition) is 6. The van der Waals surface area contributed by atoms with E-state index in [9.17, 15) is 4.79 Å². The summed E-state index contributed by atoms with van der Waals surface area (Å²) in [5.41, 5.74) is 1.53. The summed E-state index contributed by atoms with van der Waals surface area (Å²) in [4.78, 5) is 19.3. The molecule has 1 fully saturated rings. The predicted octanol–water partition coefficient (Wildman–Crippen LogP) is 3.57. The van der Waals surface area contributed by atoms with Crippen LogP contribution in [-0.2, 0) is 11.3 Å². The van der Waals surface area contributed by atoms with Crippen LogP contribution in [0.3, 0.4) is 0 Å². The molecular formula is C20H25N3O3S. The molecule has 0 radical (unpaired) electrons. The Morgan fingerprint density at radius 1 is 1.37 bits per heavy atom. The maximum absolute atomic E-state index is 12.4. The van der Waals surface area contributed by atoms with Crippen molar-refractivity contribution in [3.63, 3.8) is 0 Å². The zero-order valence-corrected chi connectivity index (χ0v) is 16.5. The van der Waals surface area contributed by atoms with E-state index in [0.29, 0.717) is 23.1 Å². The maximum Gasteiger partial charge on any atom is 0.257 e. The molecule has 6 nitrogen and oxygen atoms in total. The van der Waals surface area contributed by atoms with Gasteiger partial charge in [0.15, 0.2) is 5.13 Å². The Labute approximate surface area is 163 Å². The second kappa shape index (κ2) is 9.12. The van der Waals surface area contributed by atoms with Gasteiger partial charge in [0.05, 0.1) is 17.9 Å². The monoisotopic (exact) mass is 387 g/mol. The third-order valence-corrected chi connectivity index (χ3v) is 4.94. The molecule has 27 heavy (non-hydrogen) atoms. The summed E-state index contributed by atoms with van der Waals surface area (Å²) in [5.74, 6) is 0.525. The largest absolute Gasteiger partial charge is 0.490 e. The fraction of sp³-hybridized carbons (Fsp3) is 0.400. The van der Waals surface area contributed by atoms with Gasteiger partial charge in [-0.05, 0) is 38.1 Å². The van der Waals surface area contributed by atoms with Gasteiger partial charge in [0, 0.05) is 30.6 Å². The number of carbonyl (C=O) groups is 1. The summed E-state index contributed by atoms with van der Waals surface area (Å²) >= 11 is 1.44. The first-order valence-corrected chi connectivity index (χ1v) is 9.88. The molecule has 1 aliphatic heterocycles. The van der Waals surface area contributed by atoms with Crippen molar-refractivity contribution in [3.8, 4) is 5.75 Å². The Balaban J connectivity index is 1.55. The molecular weight excluding hydrogens is 362 g/mol. The summed E-state index contributed by atoms with van der Waals surface area (Å²) in [5, 5.41) is 5.46. The lowest BCUT2D eigenvalue weighted by Gasteiger charge is -2.34. The van der Waals surface area contributed by atoms with Crippen LogP contribution in [0.4, 0.5) is 5.13 Å². The lowest BCUT2D eigenvalue weighted by molar-refractivity contribution is -0.0707. The molecule has 3 rings (SSSR count). The van der Waals surface area contributed by atoms with Gasteiger partial charge in [-0.15, -0.1) is 11.3 Å². The van der Waals surface area contributed by atoms with Crippen molar-refractivity contribution in [1.29, 1.82) is 0 Å². The van der Waals surface area contributed by atoms with Crippen LogP contribution in [0.15, 0.2) is 42.3 Å². The maximum atomic E-state index is 12.4. The molecule has 7 heteroatoms. The lowest BCUT2D eigenvalue weighted by Crippen LogP contribution is -2.44. The van der Waals surface area contributed by atoms with Crippen molar-refractivity contribution >= 4 is 22.4 Å². The van der Waals surface area contributed by atoms with Crippen molar-refractivity contribution in [2.24, 2.45) is 0 Å². The standard InChI is InChI=1S/C20H25N3O3S/c1-4-9-25-18-7-5-16(6-8-18)19(24)22-20-21-17(13-27-20)12-23-10-14(2)26-15(3)11-23/h4-8,13-15H,1,9-12H2,2-3H3,(H,21,22,24). The van der Waals surface area contributed by atoms with Gasteiger partial charge in [-0.2, -0.15) is 0 Å². The highest BCUT2D eigenvalue weighted by Crippen LogP contribution is 2.20. The zero-order chi connectivity index (χ0) is 19.2. The summed E-state index contributed by atoms with van der Waals surface area (Å²) in [7, 11) is 0. The van der Waals surface area contributed by atoms with E-state index in [4.69, 9.17) is 9.47 Å². The molecule has 2 unspecified atom stereocenters. The minimum absolute atomic E-state index is 0.181. The van der Waals surface area contributed by atoms with Crippen molar-refractivity contribution in [3.05, 3.63) is 53.6 Å². The third-order valence-electron chi connectivity index (χ3n) is 4.14. The first-order valence-electron chi connectivity index (χ1n) is 9.01. The second-order valence-electron chi connectivity index (χ2n) is 6.67. The highest BCUT2D eigenvalue weighted by molar-refractivity contribution is 7.13. The number of anilines is 1. The normalized spacial score (nSPS) is 20.2. The topological polar surface area (TPSA) is 63.7 Å². The molecule has 1 amide bonds. The fourth-order valence-electron chi connectivity index (χ4n) is 3.11. The molecule has 2 aromatic rings. The number of amides is 1. The molecule has 2 heterocycles. The second-order valence-corrected chi connectivity index (χ2v) is 7.53. The van der Waals surface area contributed by atoms with Crippen LogP contribution < -0.4 is 10.1 Å². The van der Waals surface area contributed by atoms with Gasteiger partial charge in [-0.1, -0.05) is 12.7 Å². The number of nitrogens with zero attached hydrogens (tertiary/aromatic N) is 2. The minimum atomic E-state index is -0.181. The van der Waals surface area contributed by atoms with Crippen LogP contribution >= 0.6 is 11.3 Å². The van der Waals surface area contributed by atoms with Gasteiger partial charge >= 0.3 is 0 Å². The first-order chi connectivity index (χ1) is 13.0. The van der Waals surface area contributed by atoms with E-state index in [2.05, 4.69) is 35.6 Å². The Morgan fingerprint density at radius 3 is 2.74 bits per heavy atom. The number of rotatable bonds is 7. The summed E-state index contributed by atoms with van der Waals surface area (Å²) in [6.07, 6.45) is 2.13. The van der Waals surface area contributed by atoms with Crippen molar-refractivity contribution < 1.29 is 14.3 Å². The van der Waals surface area contributed by atoms with Crippen molar-refractivity contribution in [2.45, 2.75) is 32.6 Å². The van der Waals surface area contributed by atoms with Crippen molar-refractivity contribution in [2.75, 3.05) is 25.0 Å². The number of ether oxygens (including phenoxy) is 2. The van der Waals surface area contributed by atoms with Gasteiger partial charge in [-0.25, -0.2) is 4.98 Å². The average molecular weight is 388 g/mol. The highest BCUT2D eigenvalue weighted by Gasteiger charge is 2.22. The van der Waals surface area contributed by atoms with Crippen molar-refractivity contribution in [1.82, 2.24) is 9.88 Å². The van der Waals surface area contributed by atoms with E-state index >= 15 is 0 Å². The number of thiazole rings is 1. The molecule has 0 aliphatic carbocycles. The molecule has 1 aliphatic rings. The quantitative estimate of drug-likeness (QED) is 0.736. The molecule has 0 spiro atoms. The van der Waals surface area contributed by atoms with Crippen LogP contribution in [0, 0.1) is 0 Å². The molecule has 2 atom stereocenters. The molecule has 1 aromatic carbocycles. The van der Waals surface area contributed by atoms with Crippen LogP contribution in [-0.4, -0.2) is 47.7 Å². The minimum Gasteiger partial charge on any atom is -0.490 e. The number of aromatic nitrogens is 1. The average Bonchev–Trinajstić information content (AvgIpc) is 3.06. The first kappa shape index (κ1) is 19.5. The van der Waals surface area contributed by atoms with Gasteiger partial charge in [0.2, 0.25) is 0 Å². The number of hydrogen-bond donors (Lipinski definition) is 1. The van der Waals surface area contributed by atoms with E-state index in [-0.39, 0.29) is 18.1 Å². The third kappa shape index (κ3) is 5.63. The predicted molar refractivity (Wildman–Crippen MR) is 107 cm³/mol. The van der Waals surface area contributed by atoms with E-state index in [1.807, 2.05) is 5.38 Å². The molecule has 1 saturated heterocycles. The SMILES string of the molecule is C=CCOc1ccc(C(=O)Nc2nc(CN3CC(C)OC(C)C3)cs2)cc1. The van der Waals surface area contributed by atoms with Crippen LogP contribution in [0.2, 0.25) is 0 Å². The molecule has 1 aromatic heterocycles. The Hall–Kier alpha value is -2.22. The van der Waals surface area contributed by atoms with E-state index in [1.165, 1.54) is 11.3 Å². The molecule has 0 bridgehead atoms. The number of morpholine rings is 1. The van der Waals surface area contributed by atoms with Gasteiger partial charge in [0.25, 0.3) is 5.91 Å². The number of carbonyl (C=O) groups excluding carboxylic acids is 1. The molecule has 1 N–H and O–H groups in total. The highest BCUT2D eigenvalue weighted by atomic mass is 32.1. The zero-order valence-electron chi connectivity index (χ0n) is 15.7. The molecule has 0 saturated carbocycles. The van der Waals surface area contributed by atoms with Crippen LogP contribution in [0.1, 0.15) is 29.9 Å². The lowest BCUT2D eigenvalue weighted by atomic mass is 10.2. The summed E-state index contributed by atoms with van der Waals surface area (Å²) < 4.78 is 11.2. The number of benzene rings is 1. The molecule has 144 valence electrons. The van der Waals surface area contributed by atoms with Crippen LogP contribution in [0.25, 0.3) is 0 Å². The van der Waals surface area contributed by atoms with Gasteiger partial charge in [0.1, 0.15) is 12.4 Å². The van der Waals surface area contributed by atoms with Gasteiger partial charge in [-0.3, -0.25) is 15.0 Å². The summed E-state index contributed by atoms with van der Waals surface area (Å²) in [6.45, 7) is 10.8. The Morgan fingerprint density at radius 2 is 2.07 bits per heavy atom. The van der Waals surface area contributed by atoms with E-state index in [1.54, 1.807) is 30.3 Å². The number of nitrogens with one attached hydrogen (secondary N) is 1.